The van der Waals surface area contributed by atoms with Crippen molar-refractivity contribution in [2.24, 2.45) is 10.4 Å². The molecule has 0 atom stereocenters. The van der Waals surface area contributed by atoms with Gasteiger partial charge < -0.3 is 20.1 Å². The highest BCUT2D eigenvalue weighted by molar-refractivity contribution is 14.0. The van der Waals surface area contributed by atoms with Crippen LogP contribution in [0.3, 0.4) is 0 Å². The Hall–Kier alpha value is -1.09. The molecule has 6 nitrogen and oxygen atoms in total. The van der Waals surface area contributed by atoms with Crippen LogP contribution >= 0.6 is 24.0 Å². The van der Waals surface area contributed by atoms with Gasteiger partial charge in [0.2, 0.25) is 5.88 Å². The normalized spacial score (nSPS) is 15.7. The summed E-state index contributed by atoms with van der Waals surface area (Å²) in [5.41, 5.74) is 1.45. The average molecular weight is 462 g/mol. The number of pyridine rings is 1. The van der Waals surface area contributed by atoms with Gasteiger partial charge in [0.25, 0.3) is 0 Å². The molecule has 0 saturated heterocycles. The van der Waals surface area contributed by atoms with Crippen LogP contribution in [-0.2, 0) is 11.3 Å². The Labute approximate surface area is 168 Å². The van der Waals surface area contributed by atoms with Crippen LogP contribution in [0.25, 0.3) is 0 Å². The number of methoxy groups -OCH3 is 2. The molecule has 1 fully saturated rings. The fraction of sp³-hybridized carbons (Fsp3) is 0.667. The second kappa shape index (κ2) is 11.5. The highest BCUT2D eigenvalue weighted by Crippen LogP contribution is 2.43. The van der Waals surface area contributed by atoms with Crippen molar-refractivity contribution in [2.75, 3.05) is 33.9 Å². The minimum Gasteiger partial charge on any atom is -0.481 e. The Balaban J connectivity index is 0.00000312. The van der Waals surface area contributed by atoms with Crippen LogP contribution in [0.4, 0.5) is 0 Å². The third kappa shape index (κ3) is 6.97. The van der Waals surface area contributed by atoms with E-state index in [0.717, 1.165) is 37.6 Å². The maximum Gasteiger partial charge on any atom is 0.213 e. The molecule has 1 aliphatic rings. The van der Waals surface area contributed by atoms with Crippen LogP contribution < -0.4 is 15.4 Å². The van der Waals surface area contributed by atoms with Gasteiger partial charge in [-0.2, -0.15) is 0 Å². The SMILES string of the molecule is CCNC(=NCc1ccnc(OC)c1)NCC1(CCOC)CCC1.I. The maximum atomic E-state index is 5.26. The zero-order chi connectivity index (χ0) is 17.3. The summed E-state index contributed by atoms with van der Waals surface area (Å²) in [6.07, 6.45) is 6.71. The lowest BCUT2D eigenvalue weighted by Crippen LogP contribution is -2.46. The van der Waals surface area contributed by atoms with Gasteiger partial charge in [0, 0.05) is 39.1 Å². The van der Waals surface area contributed by atoms with E-state index in [2.05, 4.69) is 27.5 Å². The Bertz CT molecular complexity index is 536. The van der Waals surface area contributed by atoms with Crippen LogP contribution in [-0.4, -0.2) is 44.9 Å². The van der Waals surface area contributed by atoms with E-state index in [1.807, 2.05) is 12.1 Å². The fourth-order valence-corrected chi connectivity index (χ4v) is 2.95. The first-order valence-electron chi connectivity index (χ1n) is 8.71. The summed E-state index contributed by atoms with van der Waals surface area (Å²) in [6, 6.07) is 3.88. The maximum absolute atomic E-state index is 5.26. The number of rotatable bonds is 9. The summed E-state index contributed by atoms with van der Waals surface area (Å²) in [4.78, 5) is 8.80. The third-order valence-electron chi connectivity index (χ3n) is 4.65. The van der Waals surface area contributed by atoms with Crippen molar-refractivity contribution in [3.05, 3.63) is 23.9 Å². The van der Waals surface area contributed by atoms with E-state index >= 15 is 0 Å². The molecular formula is C18H31IN4O2. The lowest BCUT2D eigenvalue weighted by atomic mass is 9.67. The van der Waals surface area contributed by atoms with Crippen molar-refractivity contribution >= 4 is 29.9 Å². The smallest absolute Gasteiger partial charge is 0.213 e. The monoisotopic (exact) mass is 462 g/mol. The van der Waals surface area contributed by atoms with Gasteiger partial charge in [-0.05, 0) is 43.2 Å². The molecule has 2 N–H and O–H groups in total. The van der Waals surface area contributed by atoms with Crippen molar-refractivity contribution in [2.45, 2.75) is 39.2 Å². The van der Waals surface area contributed by atoms with E-state index in [0.29, 0.717) is 17.8 Å². The summed E-state index contributed by atoms with van der Waals surface area (Å²) >= 11 is 0. The summed E-state index contributed by atoms with van der Waals surface area (Å²) in [6.45, 7) is 5.29. The molecule has 0 unspecified atom stereocenters. The fourth-order valence-electron chi connectivity index (χ4n) is 2.95. The summed E-state index contributed by atoms with van der Waals surface area (Å²) in [7, 11) is 3.40. The summed E-state index contributed by atoms with van der Waals surface area (Å²) in [5, 5.41) is 6.83. The molecule has 0 aliphatic heterocycles. The van der Waals surface area contributed by atoms with Gasteiger partial charge in [0.1, 0.15) is 0 Å². The summed E-state index contributed by atoms with van der Waals surface area (Å²) < 4.78 is 10.4. The van der Waals surface area contributed by atoms with E-state index in [1.54, 1.807) is 20.4 Å². The van der Waals surface area contributed by atoms with Crippen molar-refractivity contribution in [3.8, 4) is 5.88 Å². The number of hydrogen-bond donors (Lipinski definition) is 2. The van der Waals surface area contributed by atoms with E-state index < -0.39 is 0 Å². The molecule has 2 rings (SSSR count). The third-order valence-corrected chi connectivity index (χ3v) is 4.65. The molecule has 1 aromatic rings. The number of aromatic nitrogens is 1. The topological polar surface area (TPSA) is 67.8 Å². The van der Waals surface area contributed by atoms with Crippen molar-refractivity contribution in [1.29, 1.82) is 0 Å². The number of ether oxygens (including phenoxy) is 2. The molecule has 7 heteroatoms. The van der Waals surface area contributed by atoms with Crippen molar-refractivity contribution < 1.29 is 9.47 Å². The Morgan fingerprint density at radius 3 is 2.72 bits per heavy atom. The first kappa shape index (κ1) is 22.0. The molecule has 1 aromatic heterocycles. The second-order valence-electron chi connectivity index (χ2n) is 6.35. The second-order valence-corrected chi connectivity index (χ2v) is 6.35. The molecule has 0 bridgehead atoms. The number of nitrogens with zero attached hydrogens (tertiary/aromatic N) is 2. The number of halogens is 1. The Kier molecular flexibility index (Phi) is 10.1. The van der Waals surface area contributed by atoms with Crippen LogP contribution in [0.5, 0.6) is 5.88 Å². The average Bonchev–Trinajstić information content (AvgIpc) is 2.58. The molecular weight excluding hydrogens is 431 g/mol. The van der Waals surface area contributed by atoms with Crippen LogP contribution in [0.2, 0.25) is 0 Å². The molecule has 142 valence electrons. The van der Waals surface area contributed by atoms with Crippen molar-refractivity contribution in [3.63, 3.8) is 0 Å². The standard InChI is InChI=1S/C18H30N4O2.HI/c1-4-19-17(21-13-15-6-10-20-16(12-15)24-3)22-14-18(7-5-8-18)9-11-23-2;/h6,10,12H,4-5,7-9,11,13-14H2,1-3H3,(H2,19,21,22);1H. The summed E-state index contributed by atoms with van der Waals surface area (Å²) in [5.74, 6) is 1.48. The highest BCUT2D eigenvalue weighted by atomic mass is 127. The van der Waals surface area contributed by atoms with Crippen LogP contribution in [0, 0.1) is 5.41 Å². The number of hydrogen-bond acceptors (Lipinski definition) is 4. The van der Waals surface area contributed by atoms with Gasteiger partial charge in [-0.1, -0.05) is 6.42 Å². The van der Waals surface area contributed by atoms with Crippen LogP contribution in [0.15, 0.2) is 23.3 Å². The molecule has 0 radical (unpaired) electrons. The van der Waals surface area contributed by atoms with E-state index in [4.69, 9.17) is 9.47 Å². The van der Waals surface area contributed by atoms with Crippen molar-refractivity contribution in [1.82, 2.24) is 15.6 Å². The van der Waals surface area contributed by atoms with Gasteiger partial charge >= 0.3 is 0 Å². The quantitative estimate of drug-likeness (QED) is 0.336. The number of nitrogens with one attached hydrogen (secondary N) is 2. The first-order valence-corrected chi connectivity index (χ1v) is 8.71. The van der Waals surface area contributed by atoms with Gasteiger partial charge in [0.15, 0.2) is 5.96 Å². The first-order chi connectivity index (χ1) is 11.7. The lowest BCUT2D eigenvalue weighted by molar-refractivity contribution is 0.0732. The molecule has 1 aliphatic carbocycles. The predicted octanol–water partition coefficient (Wildman–Crippen LogP) is 2.97. The molecule has 25 heavy (non-hydrogen) atoms. The van der Waals surface area contributed by atoms with Gasteiger partial charge in [-0.3, -0.25) is 0 Å². The van der Waals surface area contributed by atoms with Gasteiger partial charge in [0.05, 0.1) is 13.7 Å². The highest BCUT2D eigenvalue weighted by Gasteiger charge is 2.36. The minimum absolute atomic E-state index is 0. The molecule has 1 heterocycles. The zero-order valence-electron chi connectivity index (χ0n) is 15.5. The number of guanidine groups is 1. The van der Waals surface area contributed by atoms with E-state index in [1.165, 1.54) is 19.3 Å². The molecule has 1 saturated carbocycles. The van der Waals surface area contributed by atoms with Gasteiger partial charge in [-0.25, -0.2) is 9.98 Å². The lowest BCUT2D eigenvalue weighted by Gasteiger charge is -2.42. The molecule has 0 amide bonds. The Morgan fingerprint density at radius 2 is 2.12 bits per heavy atom. The Morgan fingerprint density at radius 1 is 1.32 bits per heavy atom. The van der Waals surface area contributed by atoms with Crippen LogP contribution in [0.1, 0.15) is 38.2 Å². The molecule has 0 aromatic carbocycles. The minimum atomic E-state index is 0. The number of aliphatic imine (C=N–C) groups is 1. The molecule has 0 spiro atoms. The van der Waals surface area contributed by atoms with Gasteiger partial charge in [-0.15, -0.1) is 24.0 Å². The largest absolute Gasteiger partial charge is 0.481 e. The predicted molar refractivity (Wildman–Crippen MR) is 112 cm³/mol. The van der Waals surface area contributed by atoms with E-state index in [-0.39, 0.29) is 24.0 Å². The van der Waals surface area contributed by atoms with E-state index in [9.17, 15) is 0 Å². The zero-order valence-corrected chi connectivity index (χ0v) is 17.8.